The van der Waals surface area contributed by atoms with Gasteiger partial charge in [-0.3, -0.25) is 9.69 Å². The van der Waals surface area contributed by atoms with E-state index in [1.165, 1.54) is 12.1 Å². The minimum Gasteiger partial charge on any atom is -0.340 e. The molecule has 0 bridgehead atoms. The van der Waals surface area contributed by atoms with Crippen molar-refractivity contribution in [3.63, 3.8) is 0 Å². The van der Waals surface area contributed by atoms with E-state index in [1.54, 1.807) is 11.8 Å². The van der Waals surface area contributed by atoms with E-state index in [0.717, 1.165) is 50.3 Å². The SMILES string of the molecule is CSCC[C@H](N)C(=O)N1CCCN(Cc2ccc(F)cc2)CC1.Cl. The molecule has 1 aliphatic rings. The number of benzene rings is 1. The van der Waals surface area contributed by atoms with Gasteiger partial charge in [-0.25, -0.2) is 4.39 Å². The Morgan fingerprint density at radius 2 is 1.96 bits per heavy atom. The van der Waals surface area contributed by atoms with E-state index in [9.17, 15) is 9.18 Å². The lowest BCUT2D eigenvalue weighted by Crippen LogP contribution is -2.45. The molecule has 0 aliphatic carbocycles. The Labute approximate surface area is 154 Å². The summed E-state index contributed by atoms with van der Waals surface area (Å²) in [6, 6.07) is 6.25. The van der Waals surface area contributed by atoms with Crippen LogP contribution in [0.2, 0.25) is 0 Å². The minimum atomic E-state index is -0.383. The molecule has 1 atom stereocenters. The highest BCUT2D eigenvalue weighted by atomic mass is 35.5. The van der Waals surface area contributed by atoms with Crippen molar-refractivity contribution in [3.8, 4) is 0 Å². The maximum absolute atomic E-state index is 13.0. The number of rotatable bonds is 6. The number of nitrogens with two attached hydrogens (primary N) is 1. The molecule has 0 saturated carbocycles. The maximum atomic E-state index is 13.0. The van der Waals surface area contributed by atoms with Crippen LogP contribution in [0.1, 0.15) is 18.4 Å². The van der Waals surface area contributed by atoms with E-state index in [1.807, 2.05) is 23.3 Å². The zero-order valence-corrected chi connectivity index (χ0v) is 15.8. The van der Waals surface area contributed by atoms with E-state index in [-0.39, 0.29) is 30.2 Å². The topological polar surface area (TPSA) is 49.6 Å². The van der Waals surface area contributed by atoms with Gasteiger partial charge in [0.15, 0.2) is 0 Å². The Hall–Kier alpha value is -0.820. The average molecular weight is 376 g/mol. The van der Waals surface area contributed by atoms with Gasteiger partial charge in [-0.1, -0.05) is 12.1 Å². The van der Waals surface area contributed by atoms with Gasteiger partial charge in [0.1, 0.15) is 5.82 Å². The molecule has 1 fully saturated rings. The van der Waals surface area contributed by atoms with Crippen LogP contribution in [0.5, 0.6) is 0 Å². The number of halogens is 2. The third kappa shape index (κ3) is 6.59. The number of hydrogen-bond acceptors (Lipinski definition) is 4. The summed E-state index contributed by atoms with van der Waals surface area (Å²) in [5, 5.41) is 0. The van der Waals surface area contributed by atoms with Crippen molar-refractivity contribution < 1.29 is 9.18 Å². The normalized spacial score (nSPS) is 17.0. The molecule has 24 heavy (non-hydrogen) atoms. The lowest BCUT2D eigenvalue weighted by atomic mass is 10.2. The molecule has 0 spiro atoms. The van der Waals surface area contributed by atoms with Crippen LogP contribution in [-0.4, -0.2) is 59.9 Å². The van der Waals surface area contributed by atoms with Crippen LogP contribution in [0.3, 0.4) is 0 Å². The molecule has 0 aromatic heterocycles. The van der Waals surface area contributed by atoms with Gasteiger partial charge in [0, 0.05) is 32.7 Å². The molecule has 1 heterocycles. The van der Waals surface area contributed by atoms with Gasteiger partial charge in [0.25, 0.3) is 0 Å². The lowest BCUT2D eigenvalue weighted by molar-refractivity contribution is -0.132. The molecule has 1 aromatic carbocycles. The predicted molar refractivity (Wildman–Crippen MR) is 101 cm³/mol. The van der Waals surface area contributed by atoms with Crippen molar-refractivity contribution in [3.05, 3.63) is 35.6 Å². The number of hydrogen-bond donors (Lipinski definition) is 1. The van der Waals surface area contributed by atoms with Crippen molar-refractivity contribution >= 4 is 30.1 Å². The number of amides is 1. The summed E-state index contributed by atoms with van der Waals surface area (Å²) in [6.07, 6.45) is 3.70. The zero-order chi connectivity index (χ0) is 16.7. The fourth-order valence-electron chi connectivity index (χ4n) is 2.80. The summed E-state index contributed by atoms with van der Waals surface area (Å²) in [5.74, 6) is 0.778. The highest BCUT2D eigenvalue weighted by Crippen LogP contribution is 2.11. The summed E-state index contributed by atoms with van der Waals surface area (Å²) in [5.41, 5.74) is 7.10. The number of carbonyl (C=O) groups excluding carboxylic acids is 1. The van der Waals surface area contributed by atoms with Crippen LogP contribution in [-0.2, 0) is 11.3 Å². The Bertz CT molecular complexity index is 503. The molecule has 4 nitrogen and oxygen atoms in total. The molecule has 1 aliphatic heterocycles. The van der Waals surface area contributed by atoms with Crippen LogP contribution in [0, 0.1) is 5.82 Å². The van der Waals surface area contributed by atoms with Gasteiger partial charge in [-0.2, -0.15) is 11.8 Å². The van der Waals surface area contributed by atoms with Crippen LogP contribution >= 0.6 is 24.2 Å². The molecule has 2 N–H and O–H groups in total. The smallest absolute Gasteiger partial charge is 0.239 e. The molecule has 1 saturated heterocycles. The second-order valence-corrected chi connectivity index (χ2v) is 6.96. The predicted octanol–water partition coefficient (Wildman–Crippen LogP) is 2.36. The summed E-state index contributed by atoms with van der Waals surface area (Å²) in [6.45, 7) is 4.05. The highest BCUT2D eigenvalue weighted by molar-refractivity contribution is 7.98. The molecular weight excluding hydrogens is 349 g/mol. The lowest BCUT2D eigenvalue weighted by Gasteiger charge is -2.24. The fraction of sp³-hybridized carbons (Fsp3) is 0.588. The van der Waals surface area contributed by atoms with Crippen LogP contribution in [0.15, 0.2) is 24.3 Å². The first-order valence-corrected chi connectivity index (χ1v) is 9.49. The molecule has 0 unspecified atom stereocenters. The van der Waals surface area contributed by atoms with Gasteiger partial charge >= 0.3 is 0 Å². The molecule has 0 radical (unpaired) electrons. The second kappa shape index (κ2) is 10.9. The van der Waals surface area contributed by atoms with Crippen molar-refractivity contribution in [1.82, 2.24) is 9.80 Å². The molecule has 1 amide bonds. The van der Waals surface area contributed by atoms with Crippen LogP contribution in [0.25, 0.3) is 0 Å². The van der Waals surface area contributed by atoms with Gasteiger partial charge in [0.05, 0.1) is 6.04 Å². The summed E-state index contributed by atoms with van der Waals surface area (Å²) < 4.78 is 13.0. The highest BCUT2D eigenvalue weighted by Gasteiger charge is 2.23. The van der Waals surface area contributed by atoms with Crippen LogP contribution < -0.4 is 5.73 Å². The largest absolute Gasteiger partial charge is 0.340 e. The van der Waals surface area contributed by atoms with Gasteiger partial charge in [-0.15, -0.1) is 12.4 Å². The molecule has 7 heteroatoms. The monoisotopic (exact) mass is 375 g/mol. The molecule has 1 aromatic rings. The Morgan fingerprint density at radius 3 is 2.62 bits per heavy atom. The quantitative estimate of drug-likeness (QED) is 0.829. The van der Waals surface area contributed by atoms with Crippen molar-refractivity contribution in [2.24, 2.45) is 5.73 Å². The summed E-state index contributed by atoms with van der Waals surface area (Å²) in [4.78, 5) is 16.6. The number of carbonyl (C=O) groups is 1. The van der Waals surface area contributed by atoms with E-state index in [4.69, 9.17) is 5.73 Å². The van der Waals surface area contributed by atoms with Crippen LogP contribution in [0.4, 0.5) is 4.39 Å². The van der Waals surface area contributed by atoms with Gasteiger partial charge < -0.3 is 10.6 Å². The Morgan fingerprint density at radius 1 is 1.25 bits per heavy atom. The Kier molecular flexibility index (Phi) is 9.66. The van der Waals surface area contributed by atoms with Gasteiger partial charge in [0.2, 0.25) is 5.91 Å². The molecule has 2 rings (SSSR count). The molecular formula is C17H27ClFN3OS. The minimum absolute atomic E-state index is 0. The summed E-state index contributed by atoms with van der Waals surface area (Å²) >= 11 is 1.72. The first-order valence-electron chi connectivity index (χ1n) is 8.10. The van der Waals surface area contributed by atoms with E-state index in [2.05, 4.69) is 4.90 Å². The maximum Gasteiger partial charge on any atom is 0.239 e. The van der Waals surface area contributed by atoms with E-state index in [0.29, 0.717) is 6.54 Å². The number of nitrogens with zero attached hydrogens (tertiary/aromatic N) is 2. The first-order chi connectivity index (χ1) is 11.1. The standard InChI is InChI=1S/C17H26FN3OS.ClH/c1-23-12-7-16(19)17(22)21-9-2-8-20(10-11-21)13-14-3-5-15(18)6-4-14;/h3-6,16H,2,7-13,19H2,1H3;1H/t16-;/m0./s1. The average Bonchev–Trinajstić information content (AvgIpc) is 2.79. The zero-order valence-electron chi connectivity index (χ0n) is 14.1. The van der Waals surface area contributed by atoms with E-state index >= 15 is 0 Å². The fourth-order valence-corrected chi connectivity index (χ4v) is 3.29. The van der Waals surface area contributed by atoms with Crippen molar-refractivity contribution in [1.29, 1.82) is 0 Å². The van der Waals surface area contributed by atoms with Crippen molar-refractivity contribution in [2.75, 3.05) is 38.2 Å². The second-order valence-electron chi connectivity index (χ2n) is 5.97. The van der Waals surface area contributed by atoms with Crippen molar-refractivity contribution in [2.45, 2.75) is 25.4 Å². The van der Waals surface area contributed by atoms with E-state index < -0.39 is 0 Å². The Balaban J connectivity index is 0.00000288. The number of thioether (sulfide) groups is 1. The third-order valence-corrected chi connectivity index (χ3v) is 4.81. The van der Waals surface area contributed by atoms with Gasteiger partial charge in [-0.05, 0) is 42.5 Å². The summed E-state index contributed by atoms with van der Waals surface area (Å²) in [7, 11) is 0. The molecule has 136 valence electrons. The third-order valence-electron chi connectivity index (χ3n) is 4.17. The first kappa shape index (κ1) is 21.2.